The first-order valence-corrected chi connectivity index (χ1v) is 7.60. The van der Waals surface area contributed by atoms with Crippen molar-refractivity contribution < 1.29 is 4.79 Å². The van der Waals surface area contributed by atoms with Crippen LogP contribution in [0.1, 0.15) is 72.4 Å². The van der Waals surface area contributed by atoms with Crippen LogP contribution in [-0.2, 0) is 11.2 Å². The van der Waals surface area contributed by atoms with E-state index in [-0.39, 0.29) is 11.7 Å². The first-order valence-electron chi connectivity index (χ1n) is 7.60. The monoisotopic (exact) mass is 264 g/mol. The molecule has 1 atom stereocenters. The van der Waals surface area contributed by atoms with E-state index in [2.05, 4.69) is 38.1 Å². The molecule has 0 saturated heterocycles. The molecular weight excluding hydrogens is 232 g/mol. The molecule has 0 aliphatic heterocycles. The molecule has 0 aliphatic rings. The number of ketones is 1. The number of Topliss-reactive ketones (excluding diaryl/α,β-unsaturated/α-hetero) is 1. The van der Waals surface area contributed by atoms with Crippen molar-refractivity contribution in [3.63, 3.8) is 0 Å². The van der Waals surface area contributed by atoms with E-state index in [0.29, 0.717) is 5.92 Å². The third-order valence-electron chi connectivity index (χ3n) is 2.73. The first kappa shape index (κ1) is 20.2. The van der Waals surface area contributed by atoms with Gasteiger partial charge in [-0.3, -0.25) is 4.79 Å². The van der Waals surface area contributed by atoms with Crippen LogP contribution in [0.15, 0.2) is 24.3 Å². The van der Waals surface area contributed by atoms with E-state index < -0.39 is 0 Å². The molecule has 110 valence electrons. The van der Waals surface area contributed by atoms with E-state index >= 15 is 0 Å². The summed E-state index contributed by atoms with van der Waals surface area (Å²) in [7, 11) is 0. The fourth-order valence-corrected chi connectivity index (χ4v) is 1.65. The zero-order valence-corrected chi connectivity index (χ0v) is 14.1. The quantitative estimate of drug-likeness (QED) is 0.688. The summed E-state index contributed by atoms with van der Waals surface area (Å²) in [5.41, 5.74) is 2.47. The highest BCUT2D eigenvalue weighted by Gasteiger charge is 2.09. The fourth-order valence-electron chi connectivity index (χ4n) is 1.65. The smallest absolute Gasteiger partial charge is 0.136 e. The zero-order chi connectivity index (χ0) is 15.4. The lowest BCUT2D eigenvalue weighted by molar-refractivity contribution is -0.118. The Labute approximate surface area is 120 Å². The van der Waals surface area contributed by atoms with Gasteiger partial charge in [-0.15, -0.1) is 0 Å². The van der Waals surface area contributed by atoms with Gasteiger partial charge in [0.05, 0.1) is 0 Å². The second-order valence-electron chi connectivity index (χ2n) is 4.67. The van der Waals surface area contributed by atoms with Crippen LogP contribution in [-0.4, -0.2) is 5.78 Å². The van der Waals surface area contributed by atoms with Crippen molar-refractivity contribution in [2.24, 2.45) is 5.92 Å². The number of carbonyl (C=O) groups is 1. The normalized spacial score (nSPS) is 10.8. The molecule has 0 aliphatic carbocycles. The summed E-state index contributed by atoms with van der Waals surface area (Å²) in [6.07, 6.45) is 1.11. The van der Waals surface area contributed by atoms with E-state index in [9.17, 15) is 4.79 Å². The zero-order valence-electron chi connectivity index (χ0n) is 14.1. The van der Waals surface area contributed by atoms with Gasteiger partial charge >= 0.3 is 0 Å². The van der Waals surface area contributed by atoms with Gasteiger partial charge < -0.3 is 0 Å². The lowest BCUT2D eigenvalue weighted by atomic mass is 9.95. The van der Waals surface area contributed by atoms with Gasteiger partial charge in [-0.25, -0.2) is 0 Å². The minimum absolute atomic E-state index is 0.0260. The number of carbonyl (C=O) groups excluding carboxylic acids is 1. The highest BCUT2D eigenvalue weighted by molar-refractivity contribution is 5.82. The maximum atomic E-state index is 11.2. The summed E-state index contributed by atoms with van der Waals surface area (Å²) >= 11 is 0. The molecule has 1 aromatic rings. The van der Waals surface area contributed by atoms with Crippen molar-refractivity contribution in [3.05, 3.63) is 35.4 Å². The molecule has 0 N–H and O–H groups in total. The minimum atomic E-state index is 0.0260. The van der Waals surface area contributed by atoms with Crippen LogP contribution in [0.25, 0.3) is 0 Å². The maximum absolute atomic E-state index is 11.2. The summed E-state index contributed by atoms with van der Waals surface area (Å²) < 4.78 is 0. The molecule has 19 heavy (non-hydrogen) atoms. The Kier molecular flexibility index (Phi) is 12.7. The Morgan fingerprint density at radius 1 is 0.947 bits per heavy atom. The van der Waals surface area contributed by atoms with Gasteiger partial charge in [0.25, 0.3) is 0 Å². The van der Waals surface area contributed by atoms with E-state index in [4.69, 9.17) is 0 Å². The average Bonchev–Trinajstić information content (AvgIpc) is 2.42. The van der Waals surface area contributed by atoms with Crippen molar-refractivity contribution in [2.75, 3.05) is 0 Å². The second kappa shape index (κ2) is 12.0. The SMILES string of the molecule is CC.CC.CC(=O)C(C)c1ccc(CC(C)C)cc1. The van der Waals surface area contributed by atoms with E-state index in [0.717, 1.165) is 12.0 Å². The standard InChI is InChI=1S/C14H20O.2C2H6/c1-10(2)9-13-5-7-14(8-6-13)11(3)12(4)15;2*1-2/h5-8,10-11H,9H2,1-4H3;2*1-2H3. The summed E-state index contributed by atoms with van der Waals surface area (Å²) in [5, 5.41) is 0. The summed E-state index contributed by atoms with van der Waals surface area (Å²) in [4.78, 5) is 11.2. The van der Waals surface area contributed by atoms with Gasteiger partial charge in [-0.2, -0.15) is 0 Å². The molecule has 0 heterocycles. The molecule has 1 nitrogen and oxygen atoms in total. The molecule has 0 fully saturated rings. The van der Waals surface area contributed by atoms with Gasteiger partial charge in [0.1, 0.15) is 5.78 Å². The molecule has 0 aromatic heterocycles. The van der Waals surface area contributed by atoms with Gasteiger partial charge in [0.2, 0.25) is 0 Å². The molecule has 0 amide bonds. The Balaban J connectivity index is 0. The van der Waals surface area contributed by atoms with Gasteiger partial charge in [-0.05, 0) is 30.4 Å². The van der Waals surface area contributed by atoms with Crippen LogP contribution in [0.5, 0.6) is 0 Å². The number of rotatable bonds is 4. The van der Waals surface area contributed by atoms with E-state index in [1.165, 1.54) is 5.56 Å². The third-order valence-corrected chi connectivity index (χ3v) is 2.73. The number of benzene rings is 1. The summed E-state index contributed by atoms with van der Waals surface area (Å²) in [6, 6.07) is 8.41. The molecule has 0 saturated carbocycles. The average molecular weight is 264 g/mol. The van der Waals surface area contributed by atoms with Crippen molar-refractivity contribution in [1.82, 2.24) is 0 Å². The molecule has 0 bridgehead atoms. The van der Waals surface area contributed by atoms with E-state index in [1.807, 2.05) is 34.6 Å². The van der Waals surface area contributed by atoms with Crippen LogP contribution in [0.2, 0.25) is 0 Å². The van der Waals surface area contributed by atoms with Gasteiger partial charge in [-0.1, -0.05) is 72.7 Å². The van der Waals surface area contributed by atoms with Crippen LogP contribution < -0.4 is 0 Å². The van der Waals surface area contributed by atoms with Crippen molar-refractivity contribution in [3.8, 4) is 0 Å². The first-order chi connectivity index (χ1) is 9.00. The lowest BCUT2D eigenvalue weighted by Gasteiger charge is -2.10. The second-order valence-corrected chi connectivity index (χ2v) is 4.67. The molecule has 1 unspecified atom stereocenters. The lowest BCUT2D eigenvalue weighted by Crippen LogP contribution is -2.04. The van der Waals surface area contributed by atoms with Crippen LogP contribution in [0.3, 0.4) is 0 Å². The predicted octanol–water partition coefficient (Wildman–Crippen LogP) is 5.63. The van der Waals surface area contributed by atoms with E-state index in [1.54, 1.807) is 6.92 Å². The Morgan fingerprint density at radius 3 is 1.68 bits per heavy atom. The summed E-state index contributed by atoms with van der Waals surface area (Å²) in [5.74, 6) is 0.936. The Bertz CT molecular complexity index is 322. The van der Waals surface area contributed by atoms with Gasteiger partial charge in [0.15, 0.2) is 0 Å². The minimum Gasteiger partial charge on any atom is -0.299 e. The molecule has 1 heteroatoms. The predicted molar refractivity (Wildman–Crippen MR) is 86.8 cm³/mol. The van der Waals surface area contributed by atoms with Crippen molar-refractivity contribution in [2.45, 2.75) is 67.7 Å². The largest absolute Gasteiger partial charge is 0.299 e. The Hall–Kier alpha value is -1.11. The van der Waals surface area contributed by atoms with Crippen LogP contribution in [0, 0.1) is 5.92 Å². The third kappa shape index (κ3) is 8.58. The van der Waals surface area contributed by atoms with Gasteiger partial charge in [0, 0.05) is 5.92 Å². The number of hydrogen-bond donors (Lipinski definition) is 0. The molecular formula is C18H32O. The highest BCUT2D eigenvalue weighted by atomic mass is 16.1. The molecule has 0 spiro atoms. The van der Waals surface area contributed by atoms with Crippen molar-refractivity contribution >= 4 is 5.78 Å². The van der Waals surface area contributed by atoms with Crippen LogP contribution >= 0.6 is 0 Å². The van der Waals surface area contributed by atoms with Crippen LogP contribution in [0.4, 0.5) is 0 Å². The van der Waals surface area contributed by atoms with Crippen molar-refractivity contribution in [1.29, 1.82) is 0 Å². The molecule has 1 aromatic carbocycles. The fraction of sp³-hybridized carbons (Fsp3) is 0.611. The molecule has 1 rings (SSSR count). The maximum Gasteiger partial charge on any atom is 0.136 e. The Morgan fingerprint density at radius 2 is 1.37 bits per heavy atom. The summed E-state index contributed by atoms with van der Waals surface area (Å²) in [6.45, 7) is 16.0. The number of hydrogen-bond acceptors (Lipinski definition) is 1. The molecule has 0 radical (unpaired) electrons. The topological polar surface area (TPSA) is 17.1 Å². The highest BCUT2D eigenvalue weighted by Crippen LogP contribution is 2.17.